The van der Waals surface area contributed by atoms with Crippen LogP contribution in [0.5, 0.6) is 5.75 Å². The summed E-state index contributed by atoms with van der Waals surface area (Å²) in [7, 11) is 1.86. The van der Waals surface area contributed by atoms with Crippen molar-refractivity contribution in [3.05, 3.63) is 42.0 Å². The molecule has 0 fully saturated rings. The van der Waals surface area contributed by atoms with E-state index in [4.69, 9.17) is 10.5 Å². The molecule has 4 nitrogen and oxygen atoms in total. The average Bonchev–Trinajstić information content (AvgIpc) is 2.68. The first-order valence-corrected chi connectivity index (χ1v) is 5.31. The topological polar surface area (TPSA) is 53.1 Å². The van der Waals surface area contributed by atoms with Crippen molar-refractivity contribution < 1.29 is 9.13 Å². The third-order valence-electron chi connectivity index (χ3n) is 2.49. The van der Waals surface area contributed by atoms with Crippen molar-refractivity contribution in [1.82, 2.24) is 9.78 Å². The van der Waals surface area contributed by atoms with Gasteiger partial charge in [-0.3, -0.25) is 4.68 Å². The van der Waals surface area contributed by atoms with Crippen molar-refractivity contribution in [1.29, 1.82) is 0 Å². The summed E-state index contributed by atoms with van der Waals surface area (Å²) >= 11 is 0. The highest BCUT2D eigenvalue weighted by Crippen LogP contribution is 2.19. The number of hydrogen-bond donors (Lipinski definition) is 1. The smallest absolute Gasteiger partial charge is 0.167 e. The molecule has 0 aliphatic heterocycles. The Morgan fingerprint density at radius 3 is 2.88 bits per heavy atom. The molecule has 0 saturated carbocycles. The minimum absolute atomic E-state index is 0.223. The molecular formula is C12H14FN3O. The quantitative estimate of drug-likeness (QED) is 0.821. The lowest BCUT2D eigenvalue weighted by Crippen LogP contribution is -2.06. The van der Waals surface area contributed by atoms with Crippen molar-refractivity contribution in [2.75, 3.05) is 12.3 Å². The van der Waals surface area contributed by atoms with Crippen LogP contribution in [0, 0.1) is 5.82 Å². The lowest BCUT2D eigenvalue weighted by molar-refractivity contribution is 0.302. The SMILES string of the molecule is Cn1nccc1CCOc1ccc(N)cc1F. The number of benzene rings is 1. The van der Waals surface area contributed by atoms with Gasteiger partial charge in [-0.1, -0.05) is 0 Å². The van der Waals surface area contributed by atoms with E-state index in [-0.39, 0.29) is 5.75 Å². The number of nitrogen functional groups attached to an aromatic ring is 1. The van der Waals surface area contributed by atoms with E-state index in [1.165, 1.54) is 12.1 Å². The van der Waals surface area contributed by atoms with E-state index in [0.29, 0.717) is 18.7 Å². The highest BCUT2D eigenvalue weighted by atomic mass is 19.1. The highest BCUT2D eigenvalue weighted by Gasteiger charge is 2.04. The van der Waals surface area contributed by atoms with E-state index in [1.54, 1.807) is 16.9 Å². The second-order valence-corrected chi connectivity index (χ2v) is 3.73. The monoisotopic (exact) mass is 235 g/mol. The predicted octanol–water partition coefficient (Wildman–Crippen LogP) is 1.76. The maximum absolute atomic E-state index is 13.4. The number of aryl methyl sites for hydroxylation is 1. The zero-order valence-corrected chi connectivity index (χ0v) is 9.56. The number of nitrogens with two attached hydrogens (primary N) is 1. The number of nitrogens with zero attached hydrogens (tertiary/aromatic N) is 2. The van der Waals surface area contributed by atoms with Gasteiger partial charge in [-0.25, -0.2) is 4.39 Å². The second kappa shape index (κ2) is 4.86. The number of anilines is 1. The molecule has 17 heavy (non-hydrogen) atoms. The summed E-state index contributed by atoms with van der Waals surface area (Å²) in [6, 6.07) is 6.30. The maximum Gasteiger partial charge on any atom is 0.167 e. The molecule has 0 amide bonds. The summed E-state index contributed by atoms with van der Waals surface area (Å²) in [6.07, 6.45) is 2.40. The molecule has 0 atom stereocenters. The van der Waals surface area contributed by atoms with Crippen molar-refractivity contribution in [3.8, 4) is 5.75 Å². The van der Waals surface area contributed by atoms with Gasteiger partial charge in [0.1, 0.15) is 0 Å². The molecule has 5 heteroatoms. The highest BCUT2D eigenvalue weighted by molar-refractivity contribution is 5.42. The molecule has 0 spiro atoms. The van der Waals surface area contributed by atoms with Crippen LogP contribution in [-0.2, 0) is 13.5 Å². The minimum Gasteiger partial charge on any atom is -0.490 e. The molecule has 1 aromatic carbocycles. The van der Waals surface area contributed by atoms with Crippen molar-refractivity contribution in [3.63, 3.8) is 0 Å². The van der Waals surface area contributed by atoms with Crippen LogP contribution in [0.1, 0.15) is 5.69 Å². The Morgan fingerprint density at radius 2 is 2.24 bits per heavy atom. The van der Waals surface area contributed by atoms with Crippen molar-refractivity contribution >= 4 is 5.69 Å². The molecule has 1 aromatic heterocycles. The molecule has 0 radical (unpaired) electrons. The second-order valence-electron chi connectivity index (χ2n) is 3.73. The zero-order chi connectivity index (χ0) is 12.3. The van der Waals surface area contributed by atoms with E-state index in [9.17, 15) is 4.39 Å². The van der Waals surface area contributed by atoms with Crippen LogP contribution in [0.2, 0.25) is 0 Å². The fourth-order valence-corrected chi connectivity index (χ4v) is 1.55. The standard InChI is InChI=1S/C12H14FN3O/c1-16-10(4-6-15-16)5-7-17-12-3-2-9(14)8-11(12)13/h2-4,6,8H,5,7,14H2,1H3. The van der Waals surface area contributed by atoms with Gasteiger partial charge in [0.2, 0.25) is 0 Å². The molecular weight excluding hydrogens is 221 g/mol. The van der Waals surface area contributed by atoms with Gasteiger partial charge >= 0.3 is 0 Å². The summed E-state index contributed by atoms with van der Waals surface area (Å²) in [6.45, 7) is 0.403. The Balaban J connectivity index is 1.92. The third-order valence-corrected chi connectivity index (χ3v) is 2.49. The zero-order valence-electron chi connectivity index (χ0n) is 9.56. The number of ether oxygens (including phenoxy) is 1. The van der Waals surface area contributed by atoms with Gasteiger partial charge in [-0.2, -0.15) is 5.10 Å². The molecule has 2 N–H and O–H groups in total. The summed E-state index contributed by atoms with van der Waals surface area (Å²) in [5.41, 5.74) is 6.88. The molecule has 90 valence electrons. The Morgan fingerprint density at radius 1 is 1.41 bits per heavy atom. The summed E-state index contributed by atoms with van der Waals surface area (Å²) < 4.78 is 20.5. The average molecular weight is 235 g/mol. The molecule has 1 heterocycles. The van der Waals surface area contributed by atoms with Crippen LogP contribution in [0.4, 0.5) is 10.1 Å². The van der Waals surface area contributed by atoms with Crippen molar-refractivity contribution in [2.24, 2.45) is 7.05 Å². The lowest BCUT2D eigenvalue weighted by Gasteiger charge is -2.07. The van der Waals surface area contributed by atoms with Crippen LogP contribution in [0.15, 0.2) is 30.5 Å². The number of hydrogen-bond acceptors (Lipinski definition) is 3. The molecule has 0 aliphatic rings. The van der Waals surface area contributed by atoms with Crippen LogP contribution >= 0.6 is 0 Å². The van der Waals surface area contributed by atoms with Gasteiger partial charge < -0.3 is 10.5 Å². The van der Waals surface area contributed by atoms with E-state index in [2.05, 4.69) is 5.10 Å². The third kappa shape index (κ3) is 2.75. The van der Waals surface area contributed by atoms with E-state index >= 15 is 0 Å². The van der Waals surface area contributed by atoms with E-state index in [1.807, 2.05) is 13.1 Å². The minimum atomic E-state index is -0.435. The van der Waals surface area contributed by atoms with Gasteiger partial charge in [0.05, 0.1) is 6.61 Å². The molecule has 0 aliphatic carbocycles. The van der Waals surface area contributed by atoms with Gasteiger partial charge in [0.15, 0.2) is 11.6 Å². The molecule has 0 unspecified atom stereocenters. The number of halogens is 1. The van der Waals surface area contributed by atoms with Crippen LogP contribution in [-0.4, -0.2) is 16.4 Å². The lowest BCUT2D eigenvalue weighted by atomic mass is 10.3. The number of rotatable bonds is 4. The molecule has 2 rings (SSSR count). The Labute approximate surface area is 98.8 Å². The number of aromatic nitrogens is 2. The van der Waals surface area contributed by atoms with Gasteiger partial charge in [0, 0.05) is 37.1 Å². The van der Waals surface area contributed by atoms with Crippen LogP contribution in [0.3, 0.4) is 0 Å². The van der Waals surface area contributed by atoms with Gasteiger partial charge in [0.25, 0.3) is 0 Å². The summed E-state index contributed by atoms with van der Waals surface area (Å²) in [5.74, 6) is -0.212. The predicted molar refractivity (Wildman–Crippen MR) is 63.2 cm³/mol. The molecule has 0 bridgehead atoms. The van der Waals surface area contributed by atoms with Crippen LogP contribution in [0.25, 0.3) is 0 Å². The maximum atomic E-state index is 13.4. The molecule has 0 saturated heterocycles. The Kier molecular flexibility index (Phi) is 3.27. The first-order chi connectivity index (χ1) is 8.16. The normalized spacial score (nSPS) is 10.5. The molecule has 2 aromatic rings. The Bertz CT molecular complexity index is 510. The van der Waals surface area contributed by atoms with Gasteiger partial charge in [-0.05, 0) is 18.2 Å². The van der Waals surface area contributed by atoms with E-state index < -0.39 is 5.82 Å². The fourth-order valence-electron chi connectivity index (χ4n) is 1.55. The first kappa shape index (κ1) is 11.4. The van der Waals surface area contributed by atoms with Crippen molar-refractivity contribution in [2.45, 2.75) is 6.42 Å². The van der Waals surface area contributed by atoms with E-state index in [0.717, 1.165) is 5.69 Å². The van der Waals surface area contributed by atoms with Crippen LogP contribution < -0.4 is 10.5 Å². The first-order valence-electron chi connectivity index (χ1n) is 5.31. The summed E-state index contributed by atoms with van der Waals surface area (Å²) in [5, 5.41) is 4.04. The Hall–Kier alpha value is -2.04. The fraction of sp³-hybridized carbons (Fsp3) is 0.250. The largest absolute Gasteiger partial charge is 0.490 e. The summed E-state index contributed by atoms with van der Waals surface area (Å²) in [4.78, 5) is 0. The van der Waals surface area contributed by atoms with Gasteiger partial charge in [-0.15, -0.1) is 0 Å².